The number of allylic oxidation sites excluding steroid dienone is 1. The first-order chi connectivity index (χ1) is 15.5. The number of hydrogen-bond donors (Lipinski definition) is 0. The summed E-state index contributed by atoms with van der Waals surface area (Å²) >= 11 is 0. The summed E-state index contributed by atoms with van der Waals surface area (Å²) in [5, 5.41) is 0. The van der Waals surface area contributed by atoms with Gasteiger partial charge in [-0.05, 0) is 62.1 Å². The Labute approximate surface area is 188 Å². The second-order valence-electron chi connectivity index (χ2n) is 8.72. The van der Waals surface area contributed by atoms with Gasteiger partial charge in [0.05, 0.1) is 6.26 Å². The van der Waals surface area contributed by atoms with E-state index < -0.39 is 23.3 Å². The molecule has 5 heteroatoms. The molecule has 0 bridgehead atoms. The van der Waals surface area contributed by atoms with E-state index in [1.54, 1.807) is 6.92 Å². The van der Waals surface area contributed by atoms with Crippen molar-refractivity contribution < 1.29 is 22.3 Å². The van der Waals surface area contributed by atoms with E-state index in [9.17, 15) is 17.6 Å². The molecule has 1 nitrogen and oxygen atoms in total. The molecule has 0 unspecified atom stereocenters. The van der Waals surface area contributed by atoms with Gasteiger partial charge in [-0.15, -0.1) is 0 Å². The SMILES string of the molecule is C/C=C\Oc1ccc(-c2ccc(C3CCC(CCCCCC)CC3)c(F)c2F)c(F)c1F. The van der Waals surface area contributed by atoms with Crippen molar-refractivity contribution in [3.05, 3.63) is 65.4 Å². The fraction of sp³-hybridized carbons (Fsp3) is 0.481. The van der Waals surface area contributed by atoms with Gasteiger partial charge in [0.15, 0.2) is 23.2 Å². The maximum absolute atomic E-state index is 15.0. The lowest BCUT2D eigenvalue weighted by molar-refractivity contribution is 0.297. The zero-order valence-electron chi connectivity index (χ0n) is 18.9. The van der Waals surface area contributed by atoms with Crippen LogP contribution in [-0.2, 0) is 0 Å². The Morgan fingerprint density at radius 3 is 2.12 bits per heavy atom. The molecule has 0 radical (unpaired) electrons. The van der Waals surface area contributed by atoms with Crippen LogP contribution in [0.5, 0.6) is 5.75 Å². The molecule has 2 aromatic rings. The molecule has 0 heterocycles. The molecule has 1 saturated carbocycles. The maximum atomic E-state index is 15.0. The molecule has 174 valence electrons. The van der Waals surface area contributed by atoms with Crippen LogP contribution in [0.4, 0.5) is 17.6 Å². The van der Waals surface area contributed by atoms with Gasteiger partial charge in [-0.2, -0.15) is 4.39 Å². The Bertz CT molecular complexity index is 930. The van der Waals surface area contributed by atoms with Crippen LogP contribution in [0.15, 0.2) is 36.6 Å². The first-order valence-corrected chi connectivity index (χ1v) is 11.7. The average Bonchev–Trinajstić information content (AvgIpc) is 2.80. The summed E-state index contributed by atoms with van der Waals surface area (Å²) in [5.41, 5.74) is -0.275. The van der Waals surface area contributed by atoms with Crippen molar-refractivity contribution in [1.82, 2.24) is 0 Å². The largest absolute Gasteiger partial charge is 0.462 e. The van der Waals surface area contributed by atoms with Crippen LogP contribution in [0, 0.1) is 29.2 Å². The van der Waals surface area contributed by atoms with Crippen LogP contribution >= 0.6 is 0 Å². The third kappa shape index (κ3) is 5.54. The summed E-state index contributed by atoms with van der Waals surface area (Å²) in [6, 6.07) is 5.30. The highest BCUT2D eigenvalue weighted by Gasteiger charge is 2.27. The zero-order valence-corrected chi connectivity index (χ0v) is 18.9. The van der Waals surface area contributed by atoms with Crippen LogP contribution in [0.3, 0.4) is 0 Å². The summed E-state index contributed by atoms with van der Waals surface area (Å²) in [6.45, 7) is 3.87. The molecule has 0 saturated heterocycles. The van der Waals surface area contributed by atoms with Gasteiger partial charge in [0, 0.05) is 11.1 Å². The van der Waals surface area contributed by atoms with Gasteiger partial charge in [-0.25, -0.2) is 13.2 Å². The lowest BCUT2D eigenvalue weighted by atomic mass is 9.76. The highest BCUT2D eigenvalue weighted by atomic mass is 19.2. The molecule has 0 spiro atoms. The van der Waals surface area contributed by atoms with Gasteiger partial charge in [0.25, 0.3) is 0 Å². The third-order valence-corrected chi connectivity index (χ3v) is 6.53. The average molecular weight is 449 g/mol. The van der Waals surface area contributed by atoms with Gasteiger partial charge >= 0.3 is 0 Å². The van der Waals surface area contributed by atoms with E-state index in [1.165, 1.54) is 68.7 Å². The quantitative estimate of drug-likeness (QED) is 0.211. The van der Waals surface area contributed by atoms with Crippen LogP contribution in [0.25, 0.3) is 11.1 Å². The molecule has 32 heavy (non-hydrogen) atoms. The highest BCUT2D eigenvalue weighted by Crippen LogP contribution is 2.41. The molecule has 0 amide bonds. The van der Waals surface area contributed by atoms with E-state index in [0.717, 1.165) is 25.7 Å². The Hall–Kier alpha value is -2.30. The Morgan fingerprint density at radius 2 is 1.47 bits per heavy atom. The Morgan fingerprint density at radius 1 is 0.812 bits per heavy atom. The van der Waals surface area contributed by atoms with E-state index in [1.807, 2.05) is 0 Å². The van der Waals surface area contributed by atoms with Crippen LogP contribution < -0.4 is 4.74 Å². The van der Waals surface area contributed by atoms with Gasteiger partial charge in [0.1, 0.15) is 0 Å². The number of unbranched alkanes of at least 4 members (excludes halogenated alkanes) is 3. The van der Waals surface area contributed by atoms with E-state index in [4.69, 9.17) is 4.74 Å². The minimum atomic E-state index is -1.26. The fourth-order valence-corrected chi connectivity index (χ4v) is 4.68. The second kappa shape index (κ2) is 11.5. The molecule has 1 aliphatic rings. The molecule has 0 aromatic heterocycles. The van der Waals surface area contributed by atoms with Crippen LogP contribution in [-0.4, -0.2) is 0 Å². The third-order valence-electron chi connectivity index (χ3n) is 6.53. The summed E-state index contributed by atoms with van der Waals surface area (Å²) in [4.78, 5) is 0. The standard InChI is InChI=1S/C27H32F4O/c1-3-5-6-7-8-18-9-11-19(12-10-18)20-13-14-21(25(29)24(20)28)22-15-16-23(32-17-4-2)27(31)26(22)30/h4,13-19H,3,5-12H2,1-2H3/b17-4-. The smallest absolute Gasteiger partial charge is 0.201 e. The number of ether oxygens (including phenoxy) is 1. The van der Waals surface area contributed by atoms with E-state index in [0.29, 0.717) is 11.5 Å². The summed E-state index contributed by atoms with van der Waals surface area (Å²) in [6.07, 6.45) is 12.6. The van der Waals surface area contributed by atoms with Gasteiger partial charge < -0.3 is 4.74 Å². The molecule has 3 rings (SSSR count). The summed E-state index contributed by atoms with van der Waals surface area (Å²) in [7, 11) is 0. The molecule has 1 fully saturated rings. The van der Waals surface area contributed by atoms with Crippen molar-refractivity contribution in [3.63, 3.8) is 0 Å². The molecule has 0 atom stereocenters. The van der Waals surface area contributed by atoms with E-state index in [-0.39, 0.29) is 22.8 Å². The van der Waals surface area contributed by atoms with Crippen molar-refractivity contribution in [3.8, 4) is 16.9 Å². The van der Waals surface area contributed by atoms with Crippen molar-refractivity contribution in [2.75, 3.05) is 0 Å². The van der Waals surface area contributed by atoms with Crippen molar-refractivity contribution in [1.29, 1.82) is 0 Å². The van der Waals surface area contributed by atoms with Gasteiger partial charge in [0.2, 0.25) is 5.82 Å². The monoisotopic (exact) mass is 448 g/mol. The predicted octanol–water partition coefficient (Wildman–Crippen LogP) is 9.07. The van der Waals surface area contributed by atoms with Crippen molar-refractivity contribution in [2.24, 2.45) is 5.92 Å². The Kier molecular flexibility index (Phi) is 8.77. The molecular weight excluding hydrogens is 416 g/mol. The van der Waals surface area contributed by atoms with E-state index >= 15 is 0 Å². The minimum absolute atomic E-state index is 0.0383. The minimum Gasteiger partial charge on any atom is -0.462 e. The van der Waals surface area contributed by atoms with Gasteiger partial charge in [-0.3, -0.25) is 0 Å². The number of hydrogen-bond acceptors (Lipinski definition) is 1. The lowest BCUT2D eigenvalue weighted by Gasteiger charge is -2.29. The number of benzene rings is 2. The van der Waals surface area contributed by atoms with Crippen LogP contribution in [0.2, 0.25) is 0 Å². The van der Waals surface area contributed by atoms with E-state index in [2.05, 4.69) is 6.92 Å². The van der Waals surface area contributed by atoms with Crippen molar-refractivity contribution in [2.45, 2.75) is 77.6 Å². The summed E-state index contributed by atoms with van der Waals surface area (Å²) in [5.74, 6) is -4.27. The first-order valence-electron chi connectivity index (χ1n) is 11.7. The maximum Gasteiger partial charge on any atom is 0.201 e. The summed E-state index contributed by atoms with van der Waals surface area (Å²) < 4.78 is 63.7. The second-order valence-corrected chi connectivity index (χ2v) is 8.72. The van der Waals surface area contributed by atoms with Gasteiger partial charge in [-0.1, -0.05) is 57.2 Å². The topological polar surface area (TPSA) is 9.23 Å². The van der Waals surface area contributed by atoms with Crippen molar-refractivity contribution >= 4 is 0 Å². The molecule has 1 aliphatic carbocycles. The Balaban J connectivity index is 1.73. The lowest BCUT2D eigenvalue weighted by Crippen LogP contribution is -2.15. The molecular formula is C27H32F4O. The molecule has 2 aromatic carbocycles. The first kappa shape index (κ1) is 24.3. The molecule has 0 aliphatic heterocycles. The van der Waals surface area contributed by atoms with Crippen LogP contribution in [0.1, 0.15) is 83.1 Å². The normalized spacial score (nSPS) is 18.9. The zero-order chi connectivity index (χ0) is 23.1. The highest BCUT2D eigenvalue weighted by molar-refractivity contribution is 5.66. The number of halogens is 4. The fourth-order valence-electron chi connectivity index (χ4n) is 4.68. The molecule has 0 N–H and O–H groups in total. The number of rotatable bonds is 9. The predicted molar refractivity (Wildman–Crippen MR) is 121 cm³/mol.